The SMILES string of the molecule is COc1ccc(CNCCc2nccn2C)c(O)c1. The number of rotatable bonds is 6. The van der Waals surface area contributed by atoms with Crippen molar-refractivity contribution in [2.75, 3.05) is 13.7 Å². The molecule has 0 atom stereocenters. The second-order valence-corrected chi connectivity index (χ2v) is 4.38. The van der Waals surface area contributed by atoms with Crippen molar-refractivity contribution in [1.29, 1.82) is 0 Å². The van der Waals surface area contributed by atoms with Gasteiger partial charge in [0.15, 0.2) is 0 Å². The Morgan fingerprint density at radius 2 is 2.26 bits per heavy atom. The number of aryl methyl sites for hydroxylation is 1. The molecule has 0 spiro atoms. The number of nitrogens with one attached hydrogen (secondary N) is 1. The van der Waals surface area contributed by atoms with Gasteiger partial charge in [0.1, 0.15) is 17.3 Å². The van der Waals surface area contributed by atoms with Crippen LogP contribution in [0.2, 0.25) is 0 Å². The van der Waals surface area contributed by atoms with Gasteiger partial charge < -0.3 is 19.7 Å². The Bertz CT molecular complexity index is 537. The van der Waals surface area contributed by atoms with E-state index in [1.54, 1.807) is 19.4 Å². The summed E-state index contributed by atoms with van der Waals surface area (Å²) in [5, 5.41) is 13.1. The van der Waals surface area contributed by atoms with Crippen molar-refractivity contribution in [2.24, 2.45) is 7.05 Å². The molecule has 2 N–H and O–H groups in total. The third kappa shape index (κ3) is 3.48. The monoisotopic (exact) mass is 261 g/mol. The van der Waals surface area contributed by atoms with Crippen LogP contribution < -0.4 is 10.1 Å². The molecule has 0 aliphatic heterocycles. The number of phenols is 1. The summed E-state index contributed by atoms with van der Waals surface area (Å²) in [4.78, 5) is 4.26. The van der Waals surface area contributed by atoms with E-state index in [1.807, 2.05) is 29.9 Å². The third-order valence-corrected chi connectivity index (χ3v) is 3.05. The van der Waals surface area contributed by atoms with E-state index in [0.717, 1.165) is 24.4 Å². The zero-order valence-corrected chi connectivity index (χ0v) is 11.3. The van der Waals surface area contributed by atoms with E-state index in [9.17, 15) is 5.11 Å². The van der Waals surface area contributed by atoms with Crippen LogP contribution in [0.5, 0.6) is 11.5 Å². The Morgan fingerprint density at radius 3 is 2.89 bits per heavy atom. The average Bonchev–Trinajstić information content (AvgIpc) is 2.81. The van der Waals surface area contributed by atoms with Crippen molar-refractivity contribution in [3.8, 4) is 11.5 Å². The van der Waals surface area contributed by atoms with Gasteiger partial charge in [-0.1, -0.05) is 6.07 Å². The average molecular weight is 261 g/mol. The fourth-order valence-corrected chi connectivity index (χ4v) is 1.88. The Kier molecular flexibility index (Phi) is 4.41. The molecule has 1 aromatic carbocycles. The largest absolute Gasteiger partial charge is 0.507 e. The minimum atomic E-state index is 0.254. The van der Waals surface area contributed by atoms with Gasteiger partial charge in [-0.15, -0.1) is 0 Å². The molecule has 19 heavy (non-hydrogen) atoms. The summed E-state index contributed by atoms with van der Waals surface area (Å²) >= 11 is 0. The first kappa shape index (κ1) is 13.4. The standard InChI is InChI=1S/C14H19N3O2/c1-17-8-7-16-14(17)5-6-15-10-11-3-4-12(19-2)9-13(11)18/h3-4,7-9,15,18H,5-6,10H2,1-2H3. The normalized spacial score (nSPS) is 10.6. The highest BCUT2D eigenvalue weighted by atomic mass is 16.5. The Hall–Kier alpha value is -2.01. The van der Waals surface area contributed by atoms with Crippen molar-refractivity contribution in [2.45, 2.75) is 13.0 Å². The van der Waals surface area contributed by atoms with Gasteiger partial charge in [0.05, 0.1) is 7.11 Å². The van der Waals surface area contributed by atoms with Gasteiger partial charge in [0, 0.05) is 50.6 Å². The molecule has 0 saturated carbocycles. The topological polar surface area (TPSA) is 59.3 Å². The molecule has 0 unspecified atom stereocenters. The molecule has 0 aliphatic carbocycles. The van der Waals surface area contributed by atoms with E-state index in [2.05, 4.69) is 10.3 Å². The Labute approximate surface area is 112 Å². The van der Waals surface area contributed by atoms with Gasteiger partial charge in [-0.2, -0.15) is 0 Å². The maximum Gasteiger partial charge on any atom is 0.123 e. The summed E-state index contributed by atoms with van der Waals surface area (Å²) in [6, 6.07) is 5.33. The highest BCUT2D eigenvalue weighted by Crippen LogP contribution is 2.22. The Morgan fingerprint density at radius 1 is 1.42 bits per heavy atom. The van der Waals surface area contributed by atoms with Gasteiger partial charge in [-0.3, -0.25) is 0 Å². The fraction of sp³-hybridized carbons (Fsp3) is 0.357. The van der Waals surface area contributed by atoms with E-state index in [-0.39, 0.29) is 5.75 Å². The van der Waals surface area contributed by atoms with E-state index < -0.39 is 0 Å². The first-order valence-electron chi connectivity index (χ1n) is 6.23. The molecule has 0 radical (unpaired) electrons. The number of benzene rings is 1. The summed E-state index contributed by atoms with van der Waals surface area (Å²) in [6.07, 6.45) is 4.59. The van der Waals surface area contributed by atoms with E-state index >= 15 is 0 Å². The molecule has 0 saturated heterocycles. The summed E-state index contributed by atoms with van der Waals surface area (Å²) in [5.41, 5.74) is 0.862. The van der Waals surface area contributed by atoms with Crippen LogP contribution in [0.1, 0.15) is 11.4 Å². The zero-order chi connectivity index (χ0) is 13.7. The van der Waals surface area contributed by atoms with Crippen LogP contribution in [0.3, 0.4) is 0 Å². The van der Waals surface area contributed by atoms with Crippen LogP contribution in [0.25, 0.3) is 0 Å². The third-order valence-electron chi connectivity index (χ3n) is 3.05. The van der Waals surface area contributed by atoms with Gasteiger partial charge in [-0.05, 0) is 6.07 Å². The summed E-state index contributed by atoms with van der Waals surface area (Å²) in [6.45, 7) is 1.44. The first-order valence-corrected chi connectivity index (χ1v) is 6.23. The van der Waals surface area contributed by atoms with Crippen LogP contribution in [-0.2, 0) is 20.0 Å². The minimum Gasteiger partial charge on any atom is -0.507 e. The zero-order valence-electron chi connectivity index (χ0n) is 11.3. The molecule has 2 aromatic rings. The molecule has 0 bridgehead atoms. The lowest BCUT2D eigenvalue weighted by atomic mass is 10.2. The van der Waals surface area contributed by atoms with Gasteiger partial charge in [0.25, 0.3) is 0 Å². The lowest BCUT2D eigenvalue weighted by Crippen LogP contribution is -2.18. The number of imidazole rings is 1. The number of hydrogen-bond donors (Lipinski definition) is 2. The second kappa shape index (κ2) is 6.24. The van der Waals surface area contributed by atoms with Crippen LogP contribution in [0.4, 0.5) is 0 Å². The van der Waals surface area contributed by atoms with Gasteiger partial charge >= 0.3 is 0 Å². The van der Waals surface area contributed by atoms with Crippen LogP contribution in [0.15, 0.2) is 30.6 Å². The molecular formula is C14H19N3O2. The van der Waals surface area contributed by atoms with E-state index in [0.29, 0.717) is 12.3 Å². The van der Waals surface area contributed by atoms with Crippen LogP contribution >= 0.6 is 0 Å². The molecule has 1 heterocycles. The number of phenolic OH excluding ortho intramolecular Hbond substituents is 1. The van der Waals surface area contributed by atoms with Crippen molar-refractivity contribution in [1.82, 2.24) is 14.9 Å². The van der Waals surface area contributed by atoms with Gasteiger partial charge in [-0.25, -0.2) is 4.98 Å². The minimum absolute atomic E-state index is 0.254. The molecule has 0 aliphatic rings. The maximum absolute atomic E-state index is 9.81. The van der Waals surface area contributed by atoms with Gasteiger partial charge in [0.2, 0.25) is 0 Å². The lowest BCUT2D eigenvalue weighted by molar-refractivity contribution is 0.406. The highest BCUT2D eigenvalue weighted by molar-refractivity contribution is 5.39. The molecule has 102 valence electrons. The highest BCUT2D eigenvalue weighted by Gasteiger charge is 2.03. The smallest absolute Gasteiger partial charge is 0.123 e. The van der Waals surface area contributed by atoms with Crippen molar-refractivity contribution in [3.05, 3.63) is 42.0 Å². The maximum atomic E-state index is 9.81. The second-order valence-electron chi connectivity index (χ2n) is 4.38. The molecule has 0 amide bonds. The van der Waals surface area contributed by atoms with Crippen molar-refractivity contribution >= 4 is 0 Å². The predicted molar refractivity (Wildman–Crippen MR) is 73.3 cm³/mol. The summed E-state index contributed by atoms with van der Waals surface area (Å²) < 4.78 is 7.05. The molecule has 0 fully saturated rings. The number of methoxy groups -OCH3 is 1. The van der Waals surface area contributed by atoms with Crippen LogP contribution in [0, 0.1) is 0 Å². The molecule has 5 heteroatoms. The number of hydrogen-bond acceptors (Lipinski definition) is 4. The number of ether oxygens (including phenoxy) is 1. The fourth-order valence-electron chi connectivity index (χ4n) is 1.88. The predicted octanol–water partition coefficient (Wildman–Crippen LogP) is 1.47. The molecule has 1 aromatic heterocycles. The first-order chi connectivity index (χ1) is 9.20. The number of nitrogens with zero attached hydrogens (tertiary/aromatic N) is 2. The number of aromatic nitrogens is 2. The quantitative estimate of drug-likeness (QED) is 0.773. The van der Waals surface area contributed by atoms with E-state index in [1.165, 1.54) is 0 Å². The Balaban J connectivity index is 1.81. The van der Waals surface area contributed by atoms with E-state index in [4.69, 9.17) is 4.74 Å². The summed E-state index contributed by atoms with van der Waals surface area (Å²) in [5.74, 6) is 1.96. The summed E-state index contributed by atoms with van der Waals surface area (Å²) in [7, 11) is 3.57. The van der Waals surface area contributed by atoms with Crippen molar-refractivity contribution < 1.29 is 9.84 Å². The molecular weight excluding hydrogens is 242 g/mol. The lowest BCUT2D eigenvalue weighted by Gasteiger charge is -2.08. The van der Waals surface area contributed by atoms with Crippen molar-refractivity contribution in [3.63, 3.8) is 0 Å². The van der Waals surface area contributed by atoms with Crippen LogP contribution in [-0.4, -0.2) is 28.3 Å². The molecule has 2 rings (SSSR count). The molecule has 5 nitrogen and oxygen atoms in total. The number of aromatic hydroxyl groups is 1.